The number of hydrogen-bond donors (Lipinski definition) is 0. The van der Waals surface area contributed by atoms with Gasteiger partial charge in [0.25, 0.3) is 0 Å². The molecule has 6 nitrogen and oxygen atoms in total. The van der Waals surface area contributed by atoms with Crippen molar-refractivity contribution in [1.29, 1.82) is 0 Å². The zero-order chi connectivity index (χ0) is 19.3. The minimum Gasteiger partial charge on any atom is -0.449 e. The van der Waals surface area contributed by atoms with Crippen molar-refractivity contribution in [2.24, 2.45) is 0 Å². The molecule has 0 radical (unpaired) electrons. The first-order chi connectivity index (χ1) is 11.9. The molecule has 0 atom stereocenters. The summed E-state index contributed by atoms with van der Waals surface area (Å²) in [6, 6.07) is 1.87. The molecule has 1 spiro atoms. The quantitative estimate of drug-likeness (QED) is 0.652. The Morgan fingerprint density at radius 2 is 1.85 bits per heavy atom. The lowest BCUT2D eigenvalue weighted by molar-refractivity contribution is -0.141. The number of ether oxygens (including phenoxy) is 2. The highest BCUT2D eigenvalue weighted by molar-refractivity contribution is 5.94. The van der Waals surface area contributed by atoms with E-state index in [2.05, 4.69) is 4.98 Å². The third kappa shape index (κ3) is 3.34. The lowest BCUT2D eigenvalue weighted by Crippen LogP contribution is -2.47. The fourth-order valence-electron chi connectivity index (χ4n) is 3.13. The molecular weight excluding hydrogens is 353 g/mol. The molecule has 142 valence electrons. The average Bonchev–Trinajstić information content (AvgIpc) is 2.77. The Hall–Kier alpha value is -2.32. The molecule has 26 heavy (non-hydrogen) atoms. The SMILES string of the molecule is CC(C)(C)OC(=O)N1CCC2(CC1)OC(=O)c1ccc(C(F)(F)F)nc12. The van der Waals surface area contributed by atoms with Crippen molar-refractivity contribution in [3.8, 4) is 0 Å². The summed E-state index contributed by atoms with van der Waals surface area (Å²) in [5.41, 5.74) is -2.90. The van der Waals surface area contributed by atoms with Crippen LogP contribution in [-0.4, -0.2) is 40.6 Å². The van der Waals surface area contributed by atoms with Gasteiger partial charge in [0, 0.05) is 25.9 Å². The molecule has 3 rings (SSSR count). The Labute approximate surface area is 148 Å². The number of amides is 1. The zero-order valence-electron chi connectivity index (χ0n) is 14.6. The highest BCUT2D eigenvalue weighted by Crippen LogP contribution is 2.44. The van der Waals surface area contributed by atoms with Crippen LogP contribution in [0.4, 0.5) is 18.0 Å². The van der Waals surface area contributed by atoms with Crippen molar-refractivity contribution in [1.82, 2.24) is 9.88 Å². The van der Waals surface area contributed by atoms with Gasteiger partial charge < -0.3 is 14.4 Å². The van der Waals surface area contributed by atoms with Crippen LogP contribution in [0.5, 0.6) is 0 Å². The molecule has 1 amide bonds. The first-order valence-electron chi connectivity index (χ1n) is 8.21. The predicted octanol–water partition coefficient (Wildman–Crippen LogP) is 3.50. The van der Waals surface area contributed by atoms with E-state index in [1.54, 1.807) is 20.8 Å². The second kappa shape index (κ2) is 5.85. The second-order valence-corrected chi connectivity index (χ2v) is 7.44. The maximum absolute atomic E-state index is 13.0. The van der Waals surface area contributed by atoms with E-state index in [0.29, 0.717) is 0 Å². The molecule has 0 unspecified atom stereocenters. The van der Waals surface area contributed by atoms with E-state index in [9.17, 15) is 22.8 Å². The number of nitrogens with zero attached hydrogens (tertiary/aromatic N) is 2. The van der Waals surface area contributed by atoms with Crippen LogP contribution in [0.2, 0.25) is 0 Å². The van der Waals surface area contributed by atoms with Gasteiger partial charge in [-0.2, -0.15) is 13.2 Å². The van der Waals surface area contributed by atoms with Gasteiger partial charge in [0.1, 0.15) is 11.3 Å². The third-order valence-electron chi connectivity index (χ3n) is 4.35. The number of hydrogen-bond acceptors (Lipinski definition) is 5. The number of pyridine rings is 1. The molecule has 2 aliphatic rings. The Balaban J connectivity index is 1.82. The van der Waals surface area contributed by atoms with Gasteiger partial charge in [-0.3, -0.25) is 0 Å². The molecule has 0 N–H and O–H groups in total. The van der Waals surface area contributed by atoms with E-state index in [1.807, 2.05) is 0 Å². The molecule has 0 saturated carbocycles. The van der Waals surface area contributed by atoms with E-state index in [-0.39, 0.29) is 37.2 Å². The fraction of sp³-hybridized carbons (Fsp3) is 0.588. The van der Waals surface area contributed by atoms with Gasteiger partial charge in [-0.05, 0) is 32.9 Å². The minimum absolute atomic E-state index is 0.00108. The van der Waals surface area contributed by atoms with Crippen molar-refractivity contribution in [2.45, 2.75) is 51.0 Å². The first kappa shape index (κ1) is 18.5. The van der Waals surface area contributed by atoms with Crippen LogP contribution in [0.15, 0.2) is 12.1 Å². The Bertz CT molecular complexity index is 747. The number of carbonyl (C=O) groups excluding carboxylic acids is 2. The zero-order valence-corrected chi connectivity index (χ0v) is 14.6. The summed E-state index contributed by atoms with van der Waals surface area (Å²) in [7, 11) is 0. The minimum atomic E-state index is -4.61. The maximum atomic E-state index is 13.0. The molecule has 0 bridgehead atoms. The fourth-order valence-corrected chi connectivity index (χ4v) is 3.13. The van der Waals surface area contributed by atoms with Crippen LogP contribution in [0.3, 0.4) is 0 Å². The van der Waals surface area contributed by atoms with Crippen LogP contribution in [-0.2, 0) is 21.3 Å². The summed E-state index contributed by atoms with van der Waals surface area (Å²) in [6.45, 7) is 5.62. The second-order valence-electron chi connectivity index (χ2n) is 7.44. The highest BCUT2D eigenvalue weighted by Gasteiger charge is 2.50. The van der Waals surface area contributed by atoms with Crippen LogP contribution in [0.1, 0.15) is 55.4 Å². The normalized spacial score (nSPS) is 19.3. The number of rotatable bonds is 0. The van der Waals surface area contributed by atoms with E-state index in [0.717, 1.165) is 12.1 Å². The van der Waals surface area contributed by atoms with E-state index < -0.39 is 35.1 Å². The molecular formula is C17H19F3N2O4. The summed E-state index contributed by atoms with van der Waals surface area (Å²) in [6.07, 6.45) is -4.79. The molecule has 0 aromatic carbocycles. The molecule has 1 fully saturated rings. The Kier molecular flexibility index (Phi) is 4.16. The highest BCUT2D eigenvalue weighted by atomic mass is 19.4. The standard InChI is InChI=1S/C17H19F3N2O4/c1-15(2,3)26-14(24)22-8-6-16(7-9-22)12-10(13(23)25-16)4-5-11(21-12)17(18,19)20/h4-5H,6-9H2,1-3H3. The van der Waals surface area contributed by atoms with Gasteiger partial charge in [-0.25, -0.2) is 14.6 Å². The van der Waals surface area contributed by atoms with E-state index >= 15 is 0 Å². The number of fused-ring (bicyclic) bond motifs is 2. The number of alkyl halides is 3. The van der Waals surface area contributed by atoms with Crippen LogP contribution in [0.25, 0.3) is 0 Å². The molecule has 1 aromatic heterocycles. The molecule has 9 heteroatoms. The molecule has 1 saturated heterocycles. The van der Waals surface area contributed by atoms with Crippen molar-refractivity contribution in [3.63, 3.8) is 0 Å². The van der Waals surface area contributed by atoms with Gasteiger partial charge >= 0.3 is 18.2 Å². The monoisotopic (exact) mass is 372 g/mol. The summed E-state index contributed by atoms with van der Waals surface area (Å²) < 4.78 is 49.6. The van der Waals surface area contributed by atoms with Gasteiger partial charge in [-0.1, -0.05) is 0 Å². The van der Waals surface area contributed by atoms with Crippen molar-refractivity contribution in [3.05, 3.63) is 29.1 Å². The summed E-state index contributed by atoms with van der Waals surface area (Å²) in [5, 5.41) is 0. The number of likely N-dealkylation sites (tertiary alicyclic amines) is 1. The van der Waals surface area contributed by atoms with E-state index in [1.165, 1.54) is 4.90 Å². The summed E-state index contributed by atoms with van der Waals surface area (Å²) >= 11 is 0. The van der Waals surface area contributed by atoms with Gasteiger partial charge in [0.2, 0.25) is 0 Å². The largest absolute Gasteiger partial charge is 0.449 e. The lowest BCUT2D eigenvalue weighted by atomic mass is 9.87. The van der Waals surface area contributed by atoms with Crippen LogP contribution < -0.4 is 0 Å². The Morgan fingerprint density at radius 3 is 2.38 bits per heavy atom. The van der Waals surface area contributed by atoms with Crippen molar-refractivity contribution >= 4 is 12.1 Å². The van der Waals surface area contributed by atoms with Crippen LogP contribution in [0, 0.1) is 0 Å². The Morgan fingerprint density at radius 1 is 1.23 bits per heavy atom. The third-order valence-corrected chi connectivity index (χ3v) is 4.35. The first-order valence-corrected chi connectivity index (χ1v) is 8.21. The average molecular weight is 372 g/mol. The molecule has 1 aromatic rings. The lowest BCUT2D eigenvalue weighted by Gasteiger charge is -2.38. The molecule has 3 heterocycles. The number of aromatic nitrogens is 1. The van der Waals surface area contributed by atoms with Gasteiger partial charge in [0.15, 0.2) is 5.60 Å². The van der Waals surface area contributed by atoms with Crippen molar-refractivity contribution in [2.75, 3.05) is 13.1 Å². The van der Waals surface area contributed by atoms with E-state index in [4.69, 9.17) is 9.47 Å². The number of piperidine rings is 1. The summed E-state index contributed by atoms with van der Waals surface area (Å²) in [5.74, 6) is -0.688. The molecule has 0 aliphatic carbocycles. The number of halogens is 3. The molecule has 2 aliphatic heterocycles. The number of esters is 1. The number of carbonyl (C=O) groups is 2. The predicted molar refractivity (Wildman–Crippen MR) is 83.4 cm³/mol. The maximum Gasteiger partial charge on any atom is 0.433 e. The summed E-state index contributed by atoms with van der Waals surface area (Å²) in [4.78, 5) is 29.3. The van der Waals surface area contributed by atoms with Gasteiger partial charge in [-0.15, -0.1) is 0 Å². The van der Waals surface area contributed by atoms with Crippen molar-refractivity contribution < 1.29 is 32.2 Å². The smallest absolute Gasteiger partial charge is 0.433 e. The topological polar surface area (TPSA) is 68.7 Å². The van der Waals surface area contributed by atoms with Gasteiger partial charge in [0.05, 0.1) is 11.3 Å². The van der Waals surface area contributed by atoms with Crippen LogP contribution >= 0.6 is 0 Å².